The highest BCUT2D eigenvalue weighted by Crippen LogP contribution is 2.35. The Morgan fingerprint density at radius 1 is 0.476 bits per heavy atom. The maximum absolute atomic E-state index is 6.31. The Morgan fingerprint density at radius 3 is 1.95 bits per heavy atom. The van der Waals surface area contributed by atoms with Crippen LogP contribution in [0.4, 0.5) is 0 Å². The van der Waals surface area contributed by atoms with Crippen molar-refractivity contribution in [3.8, 4) is 11.1 Å². The summed E-state index contributed by atoms with van der Waals surface area (Å²) in [4.78, 5) is 0. The van der Waals surface area contributed by atoms with Gasteiger partial charge in [-0.3, -0.25) is 0 Å². The molecule has 0 aliphatic carbocycles. The maximum atomic E-state index is 6.31. The van der Waals surface area contributed by atoms with Crippen LogP contribution in [-0.2, 0) is 0 Å². The van der Waals surface area contributed by atoms with E-state index < -0.39 is 0 Å². The number of hydrogen-bond acceptors (Lipinski definition) is 0. The van der Waals surface area contributed by atoms with Crippen molar-refractivity contribution < 1.29 is 0 Å². The van der Waals surface area contributed by atoms with E-state index in [1.807, 2.05) is 18.2 Å². The van der Waals surface area contributed by atoms with Gasteiger partial charge in [0.2, 0.25) is 0 Å². The van der Waals surface area contributed by atoms with Crippen molar-refractivity contribution in [2.75, 3.05) is 0 Å². The molecule has 0 aliphatic rings. The number of benzene rings is 4. The predicted octanol–water partition coefficient (Wildman–Crippen LogP) is 6.31. The number of rotatable bonds is 1. The molecule has 0 bridgehead atoms. The molecule has 0 unspecified atom stereocenters. The molecule has 0 fully saturated rings. The Bertz CT molecular complexity index is 940. The summed E-state index contributed by atoms with van der Waals surface area (Å²) in [5.41, 5.74) is 2.50. The normalized spacial score (nSPS) is 11.1. The van der Waals surface area contributed by atoms with Gasteiger partial charge < -0.3 is 0 Å². The van der Waals surface area contributed by atoms with E-state index in [9.17, 15) is 0 Å². The molecule has 0 saturated carbocycles. The van der Waals surface area contributed by atoms with Crippen molar-refractivity contribution in [1.29, 1.82) is 0 Å². The van der Waals surface area contributed by atoms with E-state index in [1.165, 1.54) is 27.3 Å². The third kappa shape index (κ3) is 2.00. The van der Waals surface area contributed by atoms with E-state index >= 15 is 0 Å². The van der Waals surface area contributed by atoms with Crippen molar-refractivity contribution in [1.82, 2.24) is 0 Å². The molecule has 4 rings (SSSR count). The highest BCUT2D eigenvalue weighted by atomic mass is 35.5. The van der Waals surface area contributed by atoms with Crippen molar-refractivity contribution in [3.63, 3.8) is 0 Å². The van der Waals surface area contributed by atoms with Crippen LogP contribution < -0.4 is 0 Å². The molecule has 0 N–H and O–H groups in total. The van der Waals surface area contributed by atoms with E-state index in [2.05, 4.69) is 60.7 Å². The van der Waals surface area contributed by atoms with Crippen LogP contribution in [0, 0.1) is 0 Å². The molecular weight excluding hydrogens is 276 g/mol. The van der Waals surface area contributed by atoms with E-state index in [-0.39, 0.29) is 0 Å². The summed E-state index contributed by atoms with van der Waals surface area (Å²) in [6.45, 7) is 0. The Labute approximate surface area is 128 Å². The predicted molar refractivity (Wildman–Crippen MR) is 91.9 cm³/mol. The molecule has 100 valence electrons. The summed E-state index contributed by atoms with van der Waals surface area (Å²) in [6, 6.07) is 27.3. The zero-order valence-corrected chi connectivity index (χ0v) is 12.1. The molecule has 1 heteroatoms. The van der Waals surface area contributed by atoms with Gasteiger partial charge in [-0.25, -0.2) is 0 Å². The molecule has 0 aromatic heterocycles. The fourth-order valence-corrected chi connectivity index (χ4v) is 3.19. The first-order chi connectivity index (χ1) is 10.3. The van der Waals surface area contributed by atoms with Crippen LogP contribution in [0.5, 0.6) is 0 Å². The van der Waals surface area contributed by atoms with Crippen LogP contribution in [0.2, 0.25) is 5.02 Å². The van der Waals surface area contributed by atoms with Gasteiger partial charge in [0.05, 0.1) is 0 Å². The summed E-state index contributed by atoms with van der Waals surface area (Å²) < 4.78 is 0. The van der Waals surface area contributed by atoms with E-state index in [1.54, 1.807) is 0 Å². The molecule has 0 aliphatic heterocycles. The average molecular weight is 289 g/mol. The van der Waals surface area contributed by atoms with Crippen molar-refractivity contribution in [2.45, 2.75) is 0 Å². The molecule has 0 nitrogen and oxygen atoms in total. The topological polar surface area (TPSA) is 0 Å². The largest absolute Gasteiger partial charge is 0.0837 e. The van der Waals surface area contributed by atoms with Crippen LogP contribution in [0.25, 0.3) is 32.7 Å². The van der Waals surface area contributed by atoms with Gasteiger partial charge in [0.1, 0.15) is 0 Å². The van der Waals surface area contributed by atoms with Crippen LogP contribution in [0.15, 0.2) is 78.9 Å². The summed E-state index contributed by atoms with van der Waals surface area (Å²) >= 11 is 6.31. The summed E-state index contributed by atoms with van der Waals surface area (Å²) in [6.07, 6.45) is 0. The smallest absolute Gasteiger partial charge is 0.0484 e. The lowest BCUT2D eigenvalue weighted by molar-refractivity contribution is 1.66. The number of fused-ring (bicyclic) bond motifs is 3. The zero-order valence-electron chi connectivity index (χ0n) is 11.4. The molecule has 0 amide bonds. The van der Waals surface area contributed by atoms with Gasteiger partial charge in [0, 0.05) is 10.4 Å². The van der Waals surface area contributed by atoms with E-state index in [4.69, 9.17) is 11.6 Å². The Morgan fingerprint density at radius 2 is 1.14 bits per heavy atom. The minimum absolute atomic E-state index is 0.805. The Kier molecular flexibility index (Phi) is 2.90. The van der Waals surface area contributed by atoms with Gasteiger partial charge in [0.25, 0.3) is 0 Å². The van der Waals surface area contributed by atoms with Gasteiger partial charge in [-0.05, 0) is 33.4 Å². The van der Waals surface area contributed by atoms with Gasteiger partial charge in [-0.1, -0.05) is 84.4 Å². The molecule has 4 aromatic carbocycles. The Balaban J connectivity index is 2.12. The second kappa shape index (κ2) is 4.91. The second-order valence-electron chi connectivity index (χ2n) is 5.17. The highest BCUT2D eigenvalue weighted by Gasteiger charge is 2.07. The highest BCUT2D eigenvalue weighted by molar-refractivity contribution is 6.36. The summed E-state index contributed by atoms with van der Waals surface area (Å²) in [5, 5.41) is 5.63. The molecule has 4 aromatic rings. The fraction of sp³-hybridized carbons (Fsp3) is 0. The molecule has 0 heterocycles. The van der Waals surface area contributed by atoms with Crippen LogP contribution in [-0.4, -0.2) is 0 Å². The number of hydrogen-bond donors (Lipinski definition) is 0. The standard InChI is InChI=1S/C20H13Cl/c21-20-11-5-10-17-16-9-4-8-15(14-6-2-1-3-7-14)18(16)12-13-19(17)20/h1-13H. The molecular formula is C20H13Cl. The van der Waals surface area contributed by atoms with Crippen LogP contribution >= 0.6 is 11.6 Å². The molecule has 0 atom stereocenters. The van der Waals surface area contributed by atoms with Gasteiger partial charge in [0.15, 0.2) is 0 Å². The zero-order chi connectivity index (χ0) is 14.2. The third-order valence-corrected chi connectivity index (χ3v) is 4.28. The minimum atomic E-state index is 0.805. The Hall–Kier alpha value is -2.31. The maximum Gasteiger partial charge on any atom is 0.0484 e. The van der Waals surface area contributed by atoms with Crippen LogP contribution in [0.1, 0.15) is 0 Å². The van der Waals surface area contributed by atoms with Crippen molar-refractivity contribution >= 4 is 33.1 Å². The third-order valence-electron chi connectivity index (χ3n) is 3.95. The number of halogens is 1. The first-order valence-electron chi connectivity index (χ1n) is 7.00. The van der Waals surface area contributed by atoms with E-state index in [0.29, 0.717) is 0 Å². The monoisotopic (exact) mass is 288 g/mol. The SMILES string of the molecule is Clc1cccc2c1ccc1c(-c3ccccc3)cccc12. The summed E-state index contributed by atoms with van der Waals surface area (Å²) in [7, 11) is 0. The first kappa shape index (κ1) is 12.4. The van der Waals surface area contributed by atoms with Gasteiger partial charge >= 0.3 is 0 Å². The van der Waals surface area contributed by atoms with Crippen molar-refractivity contribution in [3.05, 3.63) is 83.9 Å². The molecule has 0 saturated heterocycles. The fourth-order valence-electron chi connectivity index (χ4n) is 2.96. The lowest BCUT2D eigenvalue weighted by Crippen LogP contribution is -1.83. The molecule has 0 spiro atoms. The van der Waals surface area contributed by atoms with Gasteiger partial charge in [-0.15, -0.1) is 0 Å². The minimum Gasteiger partial charge on any atom is -0.0837 e. The van der Waals surface area contributed by atoms with Crippen LogP contribution in [0.3, 0.4) is 0 Å². The summed E-state index contributed by atoms with van der Waals surface area (Å²) in [5.74, 6) is 0. The van der Waals surface area contributed by atoms with E-state index in [0.717, 1.165) is 10.4 Å². The molecule has 0 radical (unpaired) electrons. The average Bonchev–Trinajstić information content (AvgIpc) is 2.55. The van der Waals surface area contributed by atoms with Crippen molar-refractivity contribution in [2.24, 2.45) is 0 Å². The first-order valence-corrected chi connectivity index (χ1v) is 7.38. The van der Waals surface area contributed by atoms with Gasteiger partial charge in [-0.2, -0.15) is 0 Å². The second-order valence-corrected chi connectivity index (χ2v) is 5.57. The molecule has 21 heavy (non-hydrogen) atoms. The quantitative estimate of drug-likeness (QED) is 0.360. The lowest BCUT2D eigenvalue weighted by Gasteiger charge is -2.10. The lowest BCUT2D eigenvalue weighted by atomic mass is 9.95.